The van der Waals surface area contributed by atoms with Gasteiger partial charge in [0.05, 0.1) is 14.9 Å². The Kier molecular flexibility index (Phi) is 3.70. The zero-order valence-corrected chi connectivity index (χ0v) is 12.6. The summed E-state index contributed by atoms with van der Waals surface area (Å²) in [5, 5.41) is 11.1. The number of thiophene rings is 1. The fourth-order valence-corrected chi connectivity index (χ4v) is 4.44. The van der Waals surface area contributed by atoms with Crippen molar-refractivity contribution in [3.63, 3.8) is 0 Å². The molecular weight excluding hydrogens is 308 g/mol. The number of aliphatic hydroxyl groups excluding tert-OH is 1. The molecule has 0 saturated heterocycles. The Labute approximate surface area is 114 Å². The van der Waals surface area contributed by atoms with Gasteiger partial charge in [-0.15, -0.1) is 11.3 Å². The van der Waals surface area contributed by atoms with Crippen molar-refractivity contribution in [1.82, 2.24) is 0 Å². The molecule has 0 bridgehead atoms. The number of hydrogen-bond donors (Lipinski definition) is 1. The molecule has 1 N–H and O–H groups in total. The van der Waals surface area contributed by atoms with E-state index in [0.717, 1.165) is 15.1 Å². The van der Waals surface area contributed by atoms with E-state index in [1.807, 2.05) is 6.07 Å². The molecule has 1 aliphatic rings. The van der Waals surface area contributed by atoms with Gasteiger partial charge in [0.1, 0.15) is 0 Å². The van der Waals surface area contributed by atoms with Crippen LogP contribution < -0.4 is 0 Å². The van der Waals surface area contributed by atoms with Crippen molar-refractivity contribution in [2.45, 2.75) is 39.2 Å². The quantitative estimate of drug-likeness (QED) is 0.810. The summed E-state index contributed by atoms with van der Waals surface area (Å²) in [6.45, 7) is 4.50. The lowest BCUT2D eigenvalue weighted by Gasteiger charge is -2.30. The van der Waals surface area contributed by atoms with Crippen LogP contribution in [0.15, 0.2) is 9.85 Å². The summed E-state index contributed by atoms with van der Waals surface area (Å²) >= 11 is 10.9. The van der Waals surface area contributed by atoms with Crippen LogP contribution in [-0.4, -0.2) is 5.11 Å². The summed E-state index contributed by atoms with van der Waals surface area (Å²) < 4.78 is 0.916. The lowest BCUT2D eigenvalue weighted by atomic mass is 9.78. The molecule has 4 heteroatoms. The monoisotopic (exact) mass is 322 g/mol. The Balaban J connectivity index is 2.22. The molecule has 1 heterocycles. The predicted octanol–water partition coefficient (Wildman–Crippen LogP) is 5.02. The van der Waals surface area contributed by atoms with Gasteiger partial charge in [0, 0.05) is 4.88 Å². The van der Waals surface area contributed by atoms with Gasteiger partial charge in [0.15, 0.2) is 0 Å². The Hall–Kier alpha value is 0.430. The van der Waals surface area contributed by atoms with Crippen LogP contribution in [0.4, 0.5) is 0 Å². The number of aliphatic hydroxyl groups is 1. The third-order valence-corrected chi connectivity index (χ3v) is 6.22. The van der Waals surface area contributed by atoms with Crippen LogP contribution >= 0.6 is 38.9 Å². The smallest absolute Gasteiger partial charge is 0.0916 e. The van der Waals surface area contributed by atoms with Crippen LogP contribution in [-0.2, 0) is 0 Å². The van der Waals surface area contributed by atoms with Crippen molar-refractivity contribution in [3.05, 3.63) is 19.8 Å². The molecule has 1 aromatic heterocycles. The fourth-order valence-electron chi connectivity index (χ4n) is 2.65. The molecule has 16 heavy (non-hydrogen) atoms. The minimum absolute atomic E-state index is 0.238. The first kappa shape index (κ1) is 12.9. The van der Waals surface area contributed by atoms with Crippen LogP contribution in [0, 0.1) is 11.3 Å². The molecule has 1 saturated carbocycles. The SMILES string of the molecule is CC1(C)CCCC1C(O)c1cc(Cl)c(Br)s1. The van der Waals surface area contributed by atoms with E-state index in [1.54, 1.807) is 11.3 Å². The van der Waals surface area contributed by atoms with Crippen molar-refractivity contribution in [2.24, 2.45) is 11.3 Å². The molecule has 0 spiro atoms. The van der Waals surface area contributed by atoms with E-state index in [0.29, 0.717) is 10.9 Å². The molecule has 2 unspecified atom stereocenters. The van der Waals surface area contributed by atoms with Gasteiger partial charge < -0.3 is 5.11 Å². The van der Waals surface area contributed by atoms with E-state index < -0.39 is 0 Å². The number of halogens is 2. The maximum absolute atomic E-state index is 10.4. The van der Waals surface area contributed by atoms with Crippen LogP contribution in [0.2, 0.25) is 5.02 Å². The molecule has 1 aliphatic carbocycles. The molecule has 2 atom stereocenters. The van der Waals surface area contributed by atoms with Gasteiger partial charge in [-0.2, -0.15) is 0 Å². The Morgan fingerprint density at radius 1 is 1.62 bits per heavy atom. The minimum Gasteiger partial charge on any atom is -0.387 e. The highest BCUT2D eigenvalue weighted by molar-refractivity contribution is 9.11. The van der Waals surface area contributed by atoms with Gasteiger partial charge in [-0.3, -0.25) is 0 Å². The second-order valence-electron chi connectivity index (χ2n) is 5.20. The molecule has 0 radical (unpaired) electrons. The predicted molar refractivity (Wildman–Crippen MR) is 73.1 cm³/mol. The molecular formula is C12H16BrClOS. The summed E-state index contributed by atoms with van der Waals surface area (Å²) in [4.78, 5) is 0.983. The largest absolute Gasteiger partial charge is 0.387 e. The average Bonchev–Trinajstić information content (AvgIpc) is 2.70. The first-order valence-electron chi connectivity index (χ1n) is 5.54. The van der Waals surface area contributed by atoms with Crippen molar-refractivity contribution in [1.29, 1.82) is 0 Å². The third-order valence-electron chi connectivity index (χ3n) is 3.68. The van der Waals surface area contributed by atoms with Gasteiger partial charge in [-0.25, -0.2) is 0 Å². The molecule has 1 nitrogen and oxygen atoms in total. The third kappa shape index (κ3) is 2.33. The van der Waals surface area contributed by atoms with Crippen LogP contribution in [0.1, 0.15) is 44.1 Å². The summed E-state index contributed by atoms with van der Waals surface area (Å²) in [6, 6.07) is 1.88. The summed E-state index contributed by atoms with van der Waals surface area (Å²) in [5.41, 5.74) is 0.238. The highest BCUT2D eigenvalue weighted by Gasteiger charge is 2.40. The maximum Gasteiger partial charge on any atom is 0.0916 e. The fraction of sp³-hybridized carbons (Fsp3) is 0.667. The second kappa shape index (κ2) is 4.60. The van der Waals surface area contributed by atoms with E-state index in [-0.39, 0.29) is 11.5 Å². The molecule has 1 fully saturated rings. The first-order chi connectivity index (χ1) is 7.42. The van der Waals surface area contributed by atoms with Gasteiger partial charge >= 0.3 is 0 Å². The lowest BCUT2D eigenvalue weighted by molar-refractivity contribution is 0.0558. The molecule has 0 aromatic carbocycles. The van der Waals surface area contributed by atoms with Crippen molar-refractivity contribution < 1.29 is 5.11 Å². The molecule has 2 rings (SSSR count). The van der Waals surface area contributed by atoms with Gasteiger partial charge in [-0.05, 0) is 46.2 Å². The summed E-state index contributed by atoms with van der Waals surface area (Å²) in [5.74, 6) is 0.356. The summed E-state index contributed by atoms with van der Waals surface area (Å²) in [7, 11) is 0. The topological polar surface area (TPSA) is 20.2 Å². The van der Waals surface area contributed by atoms with Crippen LogP contribution in [0.3, 0.4) is 0 Å². The number of rotatable bonds is 2. The normalized spacial score (nSPS) is 25.9. The Bertz CT molecular complexity index is 369. The van der Waals surface area contributed by atoms with E-state index in [1.165, 1.54) is 12.8 Å². The standard InChI is InChI=1S/C12H16BrClOS/c1-12(2)5-3-4-7(12)10(15)9-6-8(14)11(13)16-9/h6-7,10,15H,3-5H2,1-2H3. The van der Waals surface area contributed by atoms with E-state index in [2.05, 4.69) is 29.8 Å². The Morgan fingerprint density at radius 3 is 2.75 bits per heavy atom. The van der Waals surface area contributed by atoms with Gasteiger partial charge in [0.25, 0.3) is 0 Å². The highest BCUT2D eigenvalue weighted by atomic mass is 79.9. The van der Waals surface area contributed by atoms with E-state index in [9.17, 15) is 5.11 Å². The first-order valence-corrected chi connectivity index (χ1v) is 7.53. The molecule has 0 aliphatic heterocycles. The number of hydrogen-bond acceptors (Lipinski definition) is 2. The van der Waals surface area contributed by atoms with Gasteiger partial charge in [-0.1, -0.05) is 31.9 Å². The lowest BCUT2D eigenvalue weighted by Crippen LogP contribution is -2.23. The van der Waals surface area contributed by atoms with Crippen molar-refractivity contribution in [3.8, 4) is 0 Å². The van der Waals surface area contributed by atoms with E-state index >= 15 is 0 Å². The zero-order chi connectivity index (χ0) is 11.9. The highest BCUT2D eigenvalue weighted by Crippen LogP contribution is 2.50. The van der Waals surface area contributed by atoms with Crippen LogP contribution in [0.5, 0.6) is 0 Å². The zero-order valence-electron chi connectivity index (χ0n) is 9.46. The minimum atomic E-state index is -0.369. The van der Waals surface area contributed by atoms with Crippen molar-refractivity contribution in [2.75, 3.05) is 0 Å². The summed E-state index contributed by atoms with van der Waals surface area (Å²) in [6.07, 6.45) is 3.16. The van der Waals surface area contributed by atoms with E-state index in [4.69, 9.17) is 11.6 Å². The van der Waals surface area contributed by atoms with Crippen molar-refractivity contribution >= 4 is 38.9 Å². The molecule has 1 aromatic rings. The molecule has 90 valence electrons. The average molecular weight is 324 g/mol. The molecule has 0 amide bonds. The van der Waals surface area contributed by atoms with Gasteiger partial charge in [0.2, 0.25) is 0 Å². The maximum atomic E-state index is 10.4. The Morgan fingerprint density at radius 2 is 2.31 bits per heavy atom. The van der Waals surface area contributed by atoms with Crippen LogP contribution in [0.25, 0.3) is 0 Å². The second-order valence-corrected chi connectivity index (χ2v) is 8.01.